The molecule has 0 bridgehead atoms. The second-order valence-corrected chi connectivity index (χ2v) is 7.94. The third-order valence-electron chi connectivity index (χ3n) is 5.27. The zero-order chi connectivity index (χ0) is 27.6. The van der Waals surface area contributed by atoms with Crippen LogP contribution in [0, 0.1) is 0 Å². The Bertz CT molecular complexity index is 946. The summed E-state index contributed by atoms with van der Waals surface area (Å²) in [5.41, 5.74) is 1.24. The SMILES string of the molecule is O=C(O)C(F)(F)F.O=C(O)C(F)(F)F.c1cncc(OC[C@@H]2CC[C@H]3[C@H](CCN3Cc3ccoc3)O2)c1. The lowest BCUT2D eigenvalue weighted by atomic mass is 9.99. The van der Waals surface area contributed by atoms with Gasteiger partial charge in [0, 0.05) is 30.9 Å². The fourth-order valence-electron chi connectivity index (χ4n) is 3.64. The van der Waals surface area contributed by atoms with Crippen LogP contribution < -0.4 is 4.74 Å². The van der Waals surface area contributed by atoms with E-state index in [0.29, 0.717) is 18.8 Å². The zero-order valence-electron chi connectivity index (χ0n) is 19.1. The smallest absolute Gasteiger partial charge is 0.489 e. The number of aliphatic carboxylic acids is 2. The van der Waals surface area contributed by atoms with Crippen molar-refractivity contribution in [2.24, 2.45) is 0 Å². The molecule has 0 unspecified atom stereocenters. The molecule has 2 saturated heterocycles. The fraction of sp³-hybridized carbons (Fsp3) is 0.500. The molecule has 4 rings (SSSR count). The quantitative estimate of drug-likeness (QED) is 0.537. The summed E-state index contributed by atoms with van der Waals surface area (Å²) < 4.78 is 80.7. The number of hydrogen-bond donors (Lipinski definition) is 2. The summed E-state index contributed by atoms with van der Waals surface area (Å²) in [6, 6.07) is 6.39. The van der Waals surface area contributed by atoms with Gasteiger partial charge in [0.2, 0.25) is 0 Å². The Balaban J connectivity index is 0.000000286. The van der Waals surface area contributed by atoms with Crippen LogP contribution >= 0.6 is 0 Å². The number of halogens is 6. The average molecular weight is 542 g/mol. The number of furan rings is 1. The molecule has 2 aromatic rings. The summed E-state index contributed by atoms with van der Waals surface area (Å²) in [6.07, 6.45) is 0.741. The Labute approximate surface area is 206 Å². The first-order valence-corrected chi connectivity index (χ1v) is 10.8. The standard InChI is InChI=1S/C18H22N2O3.2C2HF3O2/c1-2-15(10-19-7-1)22-13-16-3-4-17-18(23-16)5-8-20(17)11-14-6-9-21-12-14;2*3-2(4,5)1(6)7/h1-2,6-7,9-10,12,16-18H,3-5,8,11,13H2;2*(H,6,7)/t16-,17-,18-;;/m0../s1. The minimum Gasteiger partial charge on any atom is -0.489 e. The molecule has 0 aliphatic carbocycles. The summed E-state index contributed by atoms with van der Waals surface area (Å²) >= 11 is 0. The van der Waals surface area contributed by atoms with E-state index in [4.69, 9.17) is 33.7 Å². The van der Waals surface area contributed by atoms with Gasteiger partial charge in [0.05, 0.1) is 30.9 Å². The number of pyridine rings is 1. The maximum Gasteiger partial charge on any atom is 0.490 e. The molecule has 0 amide bonds. The van der Waals surface area contributed by atoms with Gasteiger partial charge in [-0.25, -0.2) is 9.59 Å². The van der Waals surface area contributed by atoms with E-state index in [1.54, 1.807) is 18.7 Å². The average Bonchev–Trinajstić information content (AvgIpc) is 3.48. The molecule has 0 spiro atoms. The van der Waals surface area contributed by atoms with Crippen molar-refractivity contribution in [3.05, 3.63) is 48.7 Å². The molecule has 37 heavy (non-hydrogen) atoms. The van der Waals surface area contributed by atoms with Gasteiger partial charge in [-0.1, -0.05) is 0 Å². The molecule has 15 heteroatoms. The number of carboxylic acids is 2. The lowest BCUT2D eigenvalue weighted by Crippen LogP contribution is -2.43. The van der Waals surface area contributed by atoms with Gasteiger partial charge in [-0.15, -0.1) is 0 Å². The van der Waals surface area contributed by atoms with E-state index in [9.17, 15) is 26.3 Å². The summed E-state index contributed by atoms with van der Waals surface area (Å²) in [5, 5.41) is 14.2. The van der Waals surface area contributed by atoms with E-state index in [1.165, 1.54) is 12.0 Å². The van der Waals surface area contributed by atoms with Crippen LogP contribution in [0.4, 0.5) is 26.3 Å². The molecule has 2 aliphatic heterocycles. The second-order valence-electron chi connectivity index (χ2n) is 7.94. The predicted octanol–water partition coefficient (Wildman–Crippen LogP) is 4.14. The molecule has 0 saturated carbocycles. The van der Waals surface area contributed by atoms with Gasteiger partial charge >= 0.3 is 24.3 Å². The Morgan fingerprint density at radius 3 is 2.22 bits per heavy atom. The van der Waals surface area contributed by atoms with Gasteiger partial charge in [0.1, 0.15) is 12.4 Å². The highest BCUT2D eigenvalue weighted by Crippen LogP contribution is 2.32. The van der Waals surface area contributed by atoms with Crippen LogP contribution in [0.5, 0.6) is 5.75 Å². The molecule has 2 aromatic heterocycles. The van der Waals surface area contributed by atoms with E-state index in [0.717, 1.165) is 31.7 Å². The van der Waals surface area contributed by atoms with Crippen molar-refractivity contribution in [3.63, 3.8) is 0 Å². The molecule has 2 aliphatic rings. The van der Waals surface area contributed by atoms with E-state index in [-0.39, 0.29) is 6.10 Å². The van der Waals surface area contributed by atoms with Crippen LogP contribution in [-0.4, -0.2) is 75.8 Å². The van der Waals surface area contributed by atoms with E-state index >= 15 is 0 Å². The van der Waals surface area contributed by atoms with Crippen LogP contribution in [0.15, 0.2) is 47.5 Å². The Kier molecular flexibility index (Phi) is 10.7. The lowest BCUT2D eigenvalue weighted by Gasteiger charge is -2.35. The zero-order valence-corrected chi connectivity index (χ0v) is 19.1. The Morgan fingerprint density at radius 1 is 1.05 bits per heavy atom. The van der Waals surface area contributed by atoms with Gasteiger partial charge in [0.25, 0.3) is 0 Å². The van der Waals surface area contributed by atoms with Crippen LogP contribution in [-0.2, 0) is 20.9 Å². The molecule has 0 aromatic carbocycles. The number of fused-ring (bicyclic) bond motifs is 1. The number of aromatic nitrogens is 1. The molecule has 2 fully saturated rings. The highest BCUT2D eigenvalue weighted by molar-refractivity contribution is 5.73. The summed E-state index contributed by atoms with van der Waals surface area (Å²) in [5.74, 6) is -4.70. The number of hydrogen-bond acceptors (Lipinski definition) is 7. The molecular formula is C22H24F6N2O7. The van der Waals surface area contributed by atoms with Crippen molar-refractivity contribution in [1.29, 1.82) is 0 Å². The fourth-order valence-corrected chi connectivity index (χ4v) is 3.64. The normalized spacial score (nSPS) is 21.5. The van der Waals surface area contributed by atoms with Crippen molar-refractivity contribution in [2.45, 2.75) is 56.4 Å². The molecule has 2 N–H and O–H groups in total. The van der Waals surface area contributed by atoms with Crippen LogP contribution in [0.3, 0.4) is 0 Å². The number of ether oxygens (including phenoxy) is 2. The van der Waals surface area contributed by atoms with Gasteiger partial charge in [-0.2, -0.15) is 26.3 Å². The molecule has 206 valence electrons. The molecule has 4 heterocycles. The van der Waals surface area contributed by atoms with Crippen molar-refractivity contribution in [1.82, 2.24) is 9.88 Å². The minimum absolute atomic E-state index is 0.185. The lowest BCUT2D eigenvalue weighted by molar-refractivity contribution is -0.193. The number of rotatable bonds is 5. The first-order valence-electron chi connectivity index (χ1n) is 10.8. The summed E-state index contributed by atoms with van der Waals surface area (Å²) in [6.45, 7) is 2.66. The largest absolute Gasteiger partial charge is 0.490 e. The minimum atomic E-state index is -5.08. The Morgan fingerprint density at radius 2 is 1.70 bits per heavy atom. The van der Waals surface area contributed by atoms with Crippen molar-refractivity contribution >= 4 is 11.9 Å². The molecule has 3 atom stereocenters. The number of alkyl halides is 6. The number of carbonyl (C=O) groups is 2. The van der Waals surface area contributed by atoms with Gasteiger partial charge in [-0.05, 0) is 37.5 Å². The first-order chi connectivity index (χ1) is 17.3. The van der Waals surface area contributed by atoms with Crippen molar-refractivity contribution in [3.8, 4) is 5.75 Å². The highest BCUT2D eigenvalue weighted by atomic mass is 19.4. The molecule has 9 nitrogen and oxygen atoms in total. The number of likely N-dealkylation sites (tertiary alicyclic amines) is 1. The topological polar surface area (TPSA) is 122 Å². The Hall–Kier alpha value is -3.33. The summed E-state index contributed by atoms with van der Waals surface area (Å²) in [7, 11) is 0. The third-order valence-corrected chi connectivity index (χ3v) is 5.27. The van der Waals surface area contributed by atoms with Gasteiger partial charge in [-0.3, -0.25) is 9.88 Å². The number of nitrogens with zero attached hydrogens (tertiary/aromatic N) is 2. The maximum absolute atomic E-state index is 10.6. The third kappa shape index (κ3) is 10.3. The summed E-state index contributed by atoms with van der Waals surface area (Å²) in [4.78, 5) is 24.4. The predicted molar refractivity (Wildman–Crippen MR) is 113 cm³/mol. The van der Waals surface area contributed by atoms with E-state index < -0.39 is 24.3 Å². The number of carboxylic acid groups (broad SMARTS) is 2. The maximum atomic E-state index is 10.6. The first kappa shape index (κ1) is 29.9. The highest BCUT2D eigenvalue weighted by Gasteiger charge is 2.40. The van der Waals surface area contributed by atoms with Gasteiger partial charge < -0.3 is 24.1 Å². The van der Waals surface area contributed by atoms with Crippen LogP contribution in [0.25, 0.3) is 0 Å². The van der Waals surface area contributed by atoms with Crippen LogP contribution in [0.2, 0.25) is 0 Å². The van der Waals surface area contributed by atoms with E-state index in [2.05, 4.69) is 9.88 Å². The second kappa shape index (κ2) is 13.3. The van der Waals surface area contributed by atoms with Crippen LogP contribution in [0.1, 0.15) is 24.8 Å². The van der Waals surface area contributed by atoms with Gasteiger partial charge in [0.15, 0.2) is 0 Å². The molecular weight excluding hydrogens is 518 g/mol. The van der Waals surface area contributed by atoms with Crippen molar-refractivity contribution < 1.29 is 60.0 Å². The van der Waals surface area contributed by atoms with E-state index in [1.807, 2.05) is 24.5 Å². The van der Waals surface area contributed by atoms with Crippen molar-refractivity contribution in [2.75, 3.05) is 13.2 Å². The molecule has 0 radical (unpaired) electrons. The monoisotopic (exact) mass is 542 g/mol.